The van der Waals surface area contributed by atoms with Crippen molar-refractivity contribution in [1.82, 2.24) is 0 Å². The van der Waals surface area contributed by atoms with Crippen LogP contribution in [0.25, 0.3) is 0 Å². The molecule has 0 aromatic heterocycles. The van der Waals surface area contributed by atoms with Crippen LogP contribution in [0, 0.1) is 11.3 Å². The first kappa shape index (κ1) is 12.0. The Morgan fingerprint density at radius 2 is 2.14 bits per heavy atom. The molecular weight excluding hydrogens is 198 g/mol. The Kier molecular flexibility index (Phi) is 3.58. The van der Waals surface area contributed by atoms with E-state index in [2.05, 4.69) is 13.8 Å². The van der Waals surface area contributed by atoms with Crippen LogP contribution in [0.1, 0.15) is 33.1 Å². The van der Waals surface area contributed by atoms with E-state index in [0.29, 0.717) is 24.0 Å². The van der Waals surface area contributed by atoms with Crippen molar-refractivity contribution in [2.24, 2.45) is 17.1 Å². The molecule has 1 aliphatic heterocycles. The smallest absolute Gasteiger partial charge is 0.150 e. The zero-order chi connectivity index (χ0) is 10.8. The monoisotopic (exact) mass is 219 g/mol. The van der Waals surface area contributed by atoms with Crippen molar-refractivity contribution in [2.45, 2.75) is 33.1 Å². The summed E-state index contributed by atoms with van der Waals surface area (Å²) in [7, 11) is -2.80. The van der Waals surface area contributed by atoms with Crippen LogP contribution in [0.4, 0.5) is 0 Å². The quantitative estimate of drug-likeness (QED) is 0.772. The molecule has 0 spiro atoms. The van der Waals surface area contributed by atoms with Crippen LogP contribution in [-0.2, 0) is 9.84 Å². The standard InChI is InChI=1S/C10H21NO2S/c1-3-9(2)6-10(7-11)4-5-14(12,13)8-10/h9H,3-8,11H2,1-2H3. The summed E-state index contributed by atoms with van der Waals surface area (Å²) < 4.78 is 22.8. The van der Waals surface area contributed by atoms with Gasteiger partial charge in [0.25, 0.3) is 0 Å². The van der Waals surface area contributed by atoms with Crippen molar-refractivity contribution in [3.63, 3.8) is 0 Å². The minimum atomic E-state index is -2.80. The van der Waals surface area contributed by atoms with Gasteiger partial charge in [-0.05, 0) is 30.7 Å². The van der Waals surface area contributed by atoms with Crippen molar-refractivity contribution in [1.29, 1.82) is 0 Å². The van der Waals surface area contributed by atoms with E-state index in [-0.39, 0.29) is 5.41 Å². The van der Waals surface area contributed by atoms with Gasteiger partial charge in [-0.3, -0.25) is 0 Å². The molecule has 4 heteroatoms. The highest BCUT2D eigenvalue weighted by atomic mass is 32.2. The second kappa shape index (κ2) is 4.19. The maximum absolute atomic E-state index is 11.4. The van der Waals surface area contributed by atoms with Crippen LogP contribution in [-0.4, -0.2) is 26.5 Å². The molecule has 0 aliphatic carbocycles. The average Bonchev–Trinajstić information content (AvgIpc) is 2.42. The highest BCUT2D eigenvalue weighted by Gasteiger charge is 2.41. The Hall–Kier alpha value is -0.0900. The van der Waals surface area contributed by atoms with E-state index in [1.807, 2.05) is 0 Å². The van der Waals surface area contributed by atoms with Crippen molar-refractivity contribution in [3.05, 3.63) is 0 Å². The molecule has 2 N–H and O–H groups in total. The molecule has 0 bridgehead atoms. The second-order valence-corrected chi connectivity index (χ2v) is 6.95. The third-order valence-corrected chi connectivity index (χ3v) is 5.26. The third-order valence-electron chi connectivity index (χ3n) is 3.38. The molecule has 84 valence electrons. The average molecular weight is 219 g/mol. The summed E-state index contributed by atoms with van der Waals surface area (Å²) in [4.78, 5) is 0. The first-order chi connectivity index (χ1) is 6.43. The molecule has 2 atom stereocenters. The van der Waals surface area contributed by atoms with Crippen molar-refractivity contribution < 1.29 is 8.42 Å². The Morgan fingerprint density at radius 1 is 1.50 bits per heavy atom. The maximum Gasteiger partial charge on any atom is 0.150 e. The van der Waals surface area contributed by atoms with Crippen molar-refractivity contribution >= 4 is 9.84 Å². The first-order valence-corrected chi connectivity index (χ1v) is 7.16. The van der Waals surface area contributed by atoms with Crippen molar-refractivity contribution in [2.75, 3.05) is 18.1 Å². The van der Waals surface area contributed by atoms with Crippen LogP contribution in [0.2, 0.25) is 0 Å². The van der Waals surface area contributed by atoms with Gasteiger partial charge in [-0.1, -0.05) is 20.3 Å². The van der Waals surface area contributed by atoms with E-state index >= 15 is 0 Å². The number of nitrogens with two attached hydrogens (primary N) is 1. The van der Waals surface area contributed by atoms with Gasteiger partial charge in [0.05, 0.1) is 11.5 Å². The number of hydrogen-bond acceptors (Lipinski definition) is 3. The largest absolute Gasteiger partial charge is 0.330 e. The molecule has 0 saturated carbocycles. The molecule has 0 aromatic rings. The van der Waals surface area contributed by atoms with E-state index < -0.39 is 9.84 Å². The molecular formula is C10H21NO2S. The summed E-state index contributed by atoms with van der Waals surface area (Å²) in [5, 5.41) is 0. The summed E-state index contributed by atoms with van der Waals surface area (Å²) in [5.41, 5.74) is 5.61. The van der Waals surface area contributed by atoms with Crippen LogP contribution < -0.4 is 5.73 Å². The lowest BCUT2D eigenvalue weighted by atomic mass is 9.79. The molecule has 1 fully saturated rings. The first-order valence-electron chi connectivity index (χ1n) is 5.33. The predicted molar refractivity (Wildman–Crippen MR) is 58.8 cm³/mol. The Balaban J connectivity index is 2.70. The molecule has 1 aliphatic rings. The van der Waals surface area contributed by atoms with Gasteiger partial charge in [-0.15, -0.1) is 0 Å². The minimum absolute atomic E-state index is 0.117. The van der Waals surface area contributed by atoms with Gasteiger partial charge in [-0.2, -0.15) is 0 Å². The summed E-state index contributed by atoms with van der Waals surface area (Å²) in [6, 6.07) is 0. The van der Waals surface area contributed by atoms with Gasteiger partial charge in [0.1, 0.15) is 0 Å². The minimum Gasteiger partial charge on any atom is -0.330 e. The van der Waals surface area contributed by atoms with Gasteiger partial charge < -0.3 is 5.73 Å². The Bertz CT molecular complexity index is 286. The number of rotatable bonds is 4. The fourth-order valence-electron chi connectivity index (χ4n) is 2.27. The number of sulfone groups is 1. The summed E-state index contributed by atoms with van der Waals surface area (Å²) in [6.07, 6.45) is 2.82. The zero-order valence-corrected chi connectivity index (χ0v) is 9.94. The summed E-state index contributed by atoms with van der Waals surface area (Å²) in [5.74, 6) is 1.22. The Morgan fingerprint density at radius 3 is 2.50 bits per heavy atom. The highest BCUT2D eigenvalue weighted by Crippen LogP contribution is 2.37. The second-order valence-electron chi connectivity index (χ2n) is 4.76. The van der Waals surface area contributed by atoms with Crippen LogP contribution in [0.15, 0.2) is 0 Å². The van der Waals surface area contributed by atoms with Gasteiger partial charge in [0.15, 0.2) is 9.84 Å². The van der Waals surface area contributed by atoms with Crippen LogP contribution in [0.5, 0.6) is 0 Å². The van der Waals surface area contributed by atoms with E-state index in [0.717, 1.165) is 19.3 Å². The van der Waals surface area contributed by atoms with Crippen molar-refractivity contribution in [3.8, 4) is 0 Å². The van der Waals surface area contributed by atoms with Crippen LogP contribution >= 0.6 is 0 Å². The van der Waals surface area contributed by atoms with Crippen LogP contribution in [0.3, 0.4) is 0 Å². The summed E-state index contributed by atoms with van der Waals surface area (Å²) in [6.45, 7) is 4.82. The lowest BCUT2D eigenvalue weighted by molar-refractivity contribution is 0.261. The van der Waals surface area contributed by atoms with E-state index in [1.165, 1.54) is 0 Å². The van der Waals surface area contributed by atoms with Gasteiger partial charge in [-0.25, -0.2) is 8.42 Å². The maximum atomic E-state index is 11.4. The predicted octanol–water partition coefficient (Wildman–Crippen LogP) is 1.19. The van der Waals surface area contributed by atoms with E-state index in [1.54, 1.807) is 0 Å². The molecule has 1 rings (SSSR count). The molecule has 0 aromatic carbocycles. The fourth-order valence-corrected chi connectivity index (χ4v) is 4.47. The van der Waals surface area contributed by atoms with Gasteiger partial charge in [0, 0.05) is 0 Å². The fraction of sp³-hybridized carbons (Fsp3) is 1.00. The van der Waals surface area contributed by atoms with E-state index in [4.69, 9.17) is 5.73 Å². The molecule has 0 radical (unpaired) electrons. The summed E-state index contributed by atoms with van der Waals surface area (Å²) >= 11 is 0. The molecule has 2 unspecified atom stereocenters. The molecule has 0 amide bonds. The molecule has 1 saturated heterocycles. The van der Waals surface area contributed by atoms with E-state index in [9.17, 15) is 8.42 Å². The molecule has 14 heavy (non-hydrogen) atoms. The normalized spacial score (nSPS) is 33.1. The topological polar surface area (TPSA) is 60.2 Å². The highest BCUT2D eigenvalue weighted by molar-refractivity contribution is 7.91. The number of hydrogen-bond donors (Lipinski definition) is 1. The SMILES string of the molecule is CCC(C)CC1(CN)CCS(=O)(=O)C1. The lowest BCUT2D eigenvalue weighted by Gasteiger charge is -2.28. The Labute approximate surface area is 87.0 Å². The molecule has 3 nitrogen and oxygen atoms in total. The zero-order valence-electron chi connectivity index (χ0n) is 9.12. The molecule has 1 heterocycles. The van der Waals surface area contributed by atoms with Gasteiger partial charge in [0.2, 0.25) is 0 Å². The lowest BCUT2D eigenvalue weighted by Crippen LogP contribution is -2.33. The van der Waals surface area contributed by atoms with Gasteiger partial charge >= 0.3 is 0 Å². The third kappa shape index (κ3) is 2.70.